The number of nitrogens with zero attached hydrogens (tertiary/aromatic N) is 4. The smallest absolute Gasteiger partial charge is 0.254 e. The van der Waals surface area contributed by atoms with E-state index in [1.807, 2.05) is 7.05 Å². The van der Waals surface area contributed by atoms with Crippen LogP contribution in [0.5, 0.6) is 0 Å². The van der Waals surface area contributed by atoms with E-state index in [0.29, 0.717) is 33.9 Å². The van der Waals surface area contributed by atoms with Gasteiger partial charge in [0, 0.05) is 23.4 Å². The average molecular weight is 460 g/mol. The van der Waals surface area contributed by atoms with Gasteiger partial charge < -0.3 is 21.7 Å². The van der Waals surface area contributed by atoms with E-state index >= 15 is 4.39 Å². The van der Waals surface area contributed by atoms with Crippen molar-refractivity contribution in [3.8, 4) is 23.1 Å². The third-order valence-corrected chi connectivity index (χ3v) is 5.77. The monoisotopic (exact) mass is 459 g/mol. The van der Waals surface area contributed by atoms with Crippen LogP contribution in [-0.2, 0) is 0 Å². The SMILES string of the molecule is Cc1nc(N)nc(-c2ccc(C(=O)NC3CCN(C)CC3)c(F)c2)c1C#Cc1ccc(N)nc1. The number of hydrogen-bond donors (Lipinski definition) is 3. The molecule has 1 saturated heterocycles. The Morgan fingerprint density at radius 3 is 2.59 bits per heavy atom. The molecule has 34 heavy (non-hydrogen) atoms. The number of piperidine rings is 1. The van der Waals surface area contributed by atoms with E-state index in [1.54, 1.807) is 31.3 Å². The molecule has 1 aliphatic rings. The van der Waals surface area contributed by atoms with Gasteiger partial charge in [-0.3, -0.25) is 4.79 Å². The van der Waals surface area contributed by atoms with Gasteiger partial charge in [0.2, 0.25) is 5.95 Å². The number of likely N-dealkylation sites (tertiary alicyclic amines) is 1. The largest absolute Gasteiger partial charge is 0.384 e. The summed E-state index contributed by atoms with van der Waals surface area (Å²) in [6, 6.07) is 7.83. The fraction of sp³-hybridized carbons (Fsp3) is 0.280. The van der Waals surface area contributed by atoms with Gasteiger partial charge in [0.25, 0.3) is 5.91 Å². The summed E-state index contributed by atoms with van der Waals surface area (Å²) in [4.78, 5) is 27.4. The number of benzene rings is 1. The number of nitrogens with two attached hydrogens (primary N) is 2. The Bertz CT molecular complexity index is 1270. The number of rotatable bonds is 3. The minimum absolute atomic E-state index is 0.0120. The van der Waals surface area contributed by atoms with Crippen molar-refractivity contribution in [1.82, 2.24) is 25.2 Å². The third kappa shape index (κ3) is 5.30. The first-order chi connectivity index (χ1) is 16.3. The van der Waals surface area contributed by atoms with Crippen molar-refractivity contribution in [2.24, 2.45) is 0 Å². The summed E-state index contributed by atoms with van der Waals surface area (Å²) < 4.78 is 15.0. The highest BCUT2D eigenvalue weighted by Crippen LogP contribution is 2.26. The molecule has 5 N–H and O–H groups in total. The second-order valence-electron chi connectivity index (χ2n) is 8.36. The van der Waals surface area contributed by atoms with Crippen molar-refractivity contribution < 1.29 is 9.18 Å². The molecule has 2 aromatic heterocycles. The number of carbonyl (C=O) groups is 1. The zero-order chi connectivity index (χ0) is 24.2. The number of hydrogen-bond acceptors (Lipinski definition) is 7. The first-order valence-corrected chi connectivity index (χ1v) is 11.0. The molecular weight excluding hydrogens is 433 g/mol. The van der Waals surface area contributed by atoms with E-state index in [4.69, 9.17) is 11.5 Å². The number of nitrogen functional groups attached to an aromatic ring is 2. The van der Waals surface area contributed by atoms with Crippen LogP contribution in [0.15, 0.2) is 36.5 Å². The number of amides is 1. The molecule has 0 aliphatic carbocycles. The van der Waals surface area contributed by atoms with Gasteiger partial charge in [-0.05, 0) is 64.2 Å². The number of aryl methyl sites for hydroxylation is 1. The summed E-state index contributed by atoms with van der Waals surface area (Å²) in [5.74, 6) is 5.43. The zero-order valence-electron chi connectivity index (χ0n) is 19.1. The minimum atomic E-state index is -0.639. The Kier molecular flexibility index (Phi) is 6.70. The highest BCUT2D eigenvalue weighted by atomic mass is 19.1. The molecule has 0 bridgehead atoms. The number of anilines is 2. The normalized spacial score (nSPS) is 14.3. The number of nitrogens with one attached hydrogen (secondary N) is 1. The van der Waals surface area contributed by atoms with E-state index in [0.717, 1.165) is 25.9 Å². The molecule has 1 aliphatic heterocycles. The average Bonchev–Trinajstić information content (AvgIpc) is 2.80. The van der Waals surface area contributed by atoms with Crippen molar-refractivity contribution >= 4 is 17.7 Å². The maximum absolute atomic E-state index is 15.0. The molecule has 4 rings (SSSR count). The van der Waals surface area contributed by atoms with Gasteiger partial charge in [-0.2, -0.15) is 0 Å². The van der Waals surface area contributed by atoms with Gasteiger partial charge >= 0.3 is 0 Å². The Morgan fingerprint density at radius 2 is 1.91 bits per heavy atom. The lowest BCUT2D eigenvalue weighted by atomic mass is 10.0. The van der Waals surface area contributed by atoms with Gasteiger partial charge in [-0.1, -0.05) is 17.9 Å². The molecule has 1 fully saturated rings. The molecule has 174 valence electrons. The van der Waals surface area contributed by atoms with Gasteiger partial charge in [0.05, 0.1) is 22.5 Å². The van der Waals surface area contributed by atoms with Crippen LogP contribution in [-0.4, -0.2) is 51.9 Å². The Morgan fingerprint density at radius 1 is 1.15 bits per heavy atom. The highest BCUT2D eigenvalue weighted by molar-refractivity contribution is 5.95. The molecular formula is C25H26FN7O. The quantitative estimate of drug-likeness (QED) is 0.514. The first kappa shape index (κ1) is 23.1. The molecule has 1 aromatic carbocycles. The molecule has 1 amide bonds. The lowest BCUT2D eigenvalue weighted by Gasteiger charge is -2.29. The van der Waals surface area contributed by atoms with Gasteiger partial charge in [0.1, 0.15) is 11.6 Å². The third-order valence-electron chi connectivity index (χ3n) is 5.77. The molecule has 8 nitrogen and oxygen atoms in total. The van der Waals surface area contributed by atoms with Gasteiger partial charge in [0.15, 0.2) is 0 Å². The lowest BCUT2D eigenvalue weighted by Crippen LogP contribution is -2.43. The van der Waals surface area contributed by atoms with Crippen LogP contribution < -0.4 is 16.8 Å². The van der Waals surface area contributed by atoms with E-state index in [1.165, 1.54) is 12.1 Å². The van der Waals surface area contributed by atoms with Gasteiger partial charge in [-0.15, -0.1) is 0 Å². The van der Waals surface area contributed by atoms with Crippen LogP contribution in [0.3, 0.4) is 0 Å². The second kappa shape index (κ2) is 9.85. The van der Waals surface area contributed by atoms with Crippen LogP contribution >= 0.6 is 0 Å². The highest BCUT2D eigenvalue weighted by Gasteiger charge is 2.21. The van der Waals surface area contributed by atoms with Crippen LogP contribution in [0, 0.1) is 24.6 Å². The summed E-state index contributed by atoms with van der Waals surface area (Å²) in [5, 5.41) is 2.94. The zero-order valence-corrected chi connectivity index (χ0v) is 19.1. The summed E-state index contributed by atoms with van der Waals surface area (Å²) in [7, 11) is 2.04. The standard InChI is InChI=1S/C25H26FN7O/c1-15-19(6-3-16-4-8-22(27)29-14-16)23(32-25(28)30-15)17-5-7-20(21(26)13-17)24(34)31-18-9-11-33(2)12-10-18/h4-5,7-8,13-14,18H,9-12H2,1-2H3,(H2,27,29)(H,31,34)(H2,28,30,32). The molecule has 0 spiro atoms. The molecule has 3 heterocycles. The predicted octanol–water partition coefficient (Wildman–Crippen LogP) is 2.37. The van der Waals surface area contributed by atoms with Crippen molar-refractivity contribution in [2.45, 2.75) is 25.8 Å². The second-order valence-corrected chi connectivity index (χ2v) is 8.36. The summed E-state index contributed by atoms with van der Waals surface area (Å²) in [6.45, 7) is 3.56. The van der Waals surface area contributed by atoms with E-state index in [9.17, 15) is 4.79 Å². The van der Waals surface area contributed by atoms with Crippen LogP contribution in [0.25, 0.3) is 11.3 Å². The number of aromatic nitrogens is 3. The Labute approximate surface area is 197 Å². The summed E-state index contributed by atoms with van der Waals surface area (Å²) in [5.41, 5.74) is 14.0. The van der Waals surface area contributed by atoms with E-state index in [-0.39, 0.29) is 17.6 Å². The number of carbonyl (C=O) groups excluding carboxylic acids is 1. The van der Waals surface area contributed by atoms with Crippen LogP contribution in [0.1, 0.15) is 40.0 Å². The fourth-order valence-electron chi connectivity index (χ4n) is 3.83. The number of halogens is 1. The number of pyridine rings is 1. The summed E-state index contributed by atoms with van der Waals surface area (Å²) >= 11 is 0. The minimum Gasteiger partial charge on any atom is -0.384 e. The van der Waals surface area contributed by atoms with E-state index in [2.05, 4.69) is 37.0 Å². The maximum atomic E-state index is 15.0. The van der Waals surface area contributed by atoms with Gasteiger partial charge in [-0.25, -0.2) is 19.3 Å². The molecule has 0 radical (unpaired) electrons. The summed E-state index contributed by atoms with van der Waals surface area (Å²) in [6.07, 6.45) is 3.24. The molecule has 3 aromatic rings. The van der Waals surface area contributed by atoms with Crippen molar-refractivity contribution in [2.75, 3.05) is 31.6 Å². The Balaban J connectivity index is 1.62. The molecule has 0 atom stereocenters. The molecule has 9 heteroatoms. The molecule has 0 unspecified atom stereocenters. The van der Waals surface area contributed by atoms with E-state index < -0.39 is 11.7 Å². The maximum Gasteiger partial charge on any atom is 0.254 e. The predicted molar refractivity (Wildman–Crippen MR) is 129 cm³/mol. The Hall–Kier alpha value is -4.03. The lowest BCUT2D eigenvalue weighted by molar-refractivity contribution is 0.0913. The van der Waals surface area contributed by atoms with Crippen molar-refractivity contribution in [3.63, 3.8) is 0 Å². The molecule has 0 saturated carbocycles. The van der Waals surface area contributed by atoms with Crippen molar-refractivity contribution in [1.29, 1.82) is 0 Å². The fourth-order valence-corrected chi connectivity index (χ4v) is 3.83. The van der Waals surface area contributed by atoms with Crippen molar-refractivity contribution in [3.05, 3.63) is 64.7 Å². The topological polar surface area (TPSA) is 123 Å². The van der Waals surface area contributed by atoms with Crippen LogP contribution in [0.2, 0.25) is 0 Å². The van der Waals surface area contributed by atoms with Crippen LogP contribution in [0.4, 0.5) is 16.2 Å². The first-order valence-electron chi connectivity index (χ1n) is 11.0.